The molecule has 0 aliphatic heterocycles. The van der Waals surface area contributed by atoms with Gasteiger partial charge in [-0.1, -0.05) is 0 Å². The van der Waals surface area contributed by atoms with E-state index in [9.17, 15) is 13.2 Å². The smallest absolute Gasteiger partial charge is 0.236 e. The minimum atomic E-state index is -4.42. The Morgan fingerprint density at radius 1 is 1.20 bits per heavy atom. The van der Waals surface area contributed by atoms with Crippen LogP contribution in [0.15, 0.2) is 24.4 Å². The Hall–Kier alpha value is -1.65. The summed E-state index contributed by atoms with van der Waals surface area (Å²) in [6.07, 6.45) is -2.92. The number of nitrogens with zero attached hydrogens (tertiary/aromatic N) is 2. The Bertz CT molecular complexity index is 505. The van der Waals surface area contributed by atoms with Crippen molar-refractivity contribution in [2.45, 2.75) is 13.1 Å². The number of halogens is 3. The third-order valence-electron chi connectivity index (χ3n) is 1.97. The zero-order valence-electron chi connectivity index (χ0n) is 7.84. The minimum Gasteiger partial charge on any atom is -0.236 e. The summed E-state index contributed by atoms with van der Waals surface area (Å²) in [5, 5.41) is 0.614. The van der Waals surface area contributed by atoms with Crippen molar-refractivity contribution in [2.24, 2.45) is 0 Å². The molecule has 0 aliphatic rings. The van der Waals surface area contributed by atoms with Gasteiger partial charge in [0.1, 0.15) is 5.69 Å². The van der Waals surface area contributed by atoms with Crippen molar-refractivity contribution >= 4 is 11.0 Å². The van der Waals surface area contributed by atoms with Gasteiger partial charge in [-0.2, -0.15) is 13.2 Å². The first kappa shape index (κ1) is 9.89. The molecule has 0 fully saturated rings. The van der Waals surface area contributed by atoms with Gasteiger partial charge in [0.2, 0.25) is 0 Å². The highest BCUT2D eigenvalue weighted by atomic mass is 19.4. The summed E-state index contributed by atoms with van der Waals surface area (Å²) in [5.41, 5.74) is 0.103. The normalized spacial score (nSPS) is 12.0. The van der Waals surface area contributed by atoms with Gasteiger partial charge in [0, 0.05) is 11.6 Å². The highest BCUT2D eigenvalue weighted by Gasteiger charge is 2.32. The van der Waals surface area contributed by atoms with Gasteiger partial charge >= 0.3 is 6.18 Å². The fourth-order valence-corrected chi connectivity index (χ4v) is 1.28. The van der Waals surface area contributed by atoms with Crippen LogP contribution in [0.5, 0.6) is 0 Å². The third-order valence-corrected chi connectivity index (χ3v) is 1.97. The minimum absolute atomic E-state index is 0.121. The van der Waals surface area contributed by atoms with Crippen LogP contribution in [0.4, 0.5) is 13.2 Å². The Morgan fingerprint density at radius 2 is 1.93 bits per heavy atom. The van der Waals surface area contributed by atoms with E-state index in [2.05, 4.69) is 9.97 Å². The van der Waals surface area contributed by atoms with Crippen LogP contribution in [0.3, 0.4) is 0 Å². The van der Waals surface area contributed by atoms with Gasteiger partial charge in [-0.3, -0.25) is 0 Å². The lowest BCUT2D eigenvalue weighted by atomic mass is 10.2. The first-order valence-electron chi connectivity index (χ1n) is 4.27. The number of rotatable bonds is 0. The van der Waals surface area contributed by atoms with Crippen molar-refractivity contribution < 1.29 is 13.2 Å². The average Bonchev–Trinajstić information content (AvgIpc) is 2.15. The molecule has 0 aromatic carbocycles. The number of alkyl halides is 3. The molecule has 15 heavy (non-hydrogen) atoms. The summed E-state index contributed by atoms with van der Waals surface area (Å²) in [6.45, 7) is 1.82. The molecular weight excluding hydrogens is 205 g/mol. The monoisotopic (exact) mass is 212 g/mol. The van der Waals surface area contributed by atoms with Gasteiger partial charge in [0.15, 0.2) is 5.65 Å². The lowest BCUT2D eigenvalue weighted by Gasteiger charge is -2.06. The highest BCUT2D eigenvalue weighted by molar-refractivity contribution is 5.75. The molecule has 2 aromatic heterocycles. The van der Waals surface area contributed by atoms with E-state index < -0.39 is 11.9 Å². The molecule has 0 spiro atoms. The Balaban J connectivity index is 2.62. The molecule has 0 N–H and O–H groups in total. The zero-order chi connectivity index (χ0) is 11.1. The van der Waals surface area contributed by atoms with Gasteiger partial charge in [0.05, 0.1) is 0 Å². The van der Waals surface area contributed by atoms with Crippen LogP contribution in [0.2, 0.25) is 0 Å². The molecule has 2 aromatic rings. The van der Waals surface area contributed by atoms with Crippen molar-refractivity contribution in [3.63, 3.8) is 0 Å². The van der Waals surface area contributed by atoms with E-state index in [0.717, 1.165) is 11.6 Å². The van der Waals surface area contributed by atoms with E-state index in [-0.39, 0.29) is 5.65 Å². The third kappa shape index (κ3) is 1.91. The molecule has 78 valence electrons. The Morgan fingerprint density at radius 3 is 2.60 bits per heavy atom. The van der Waals surface area contributed by atoms with Crippen LogP contribution in [-0.4, -0.2) is 9.97 Å². The Labute approximate surface area is 83.8 Å². The van der Waals surface area contributed by atoms with Crippen LogP contribution in [0, 0.1) is 6.92 Å². The Kier molecular flexibility index (Phi) is 2.10. The van der Waals surface area contributed by atoms with Crippen LogP contribution < -0.4 is 0 Å². The fraction of sp³-hybridized carbons (Fsp3) is 0.200. The second-order valence-corrected chi connectivity index (χ2v) is 3.25. The molecule has 5 heteroatoms. The number of hydrogen-bond acceptors (Lipinski definition) is 2. The largest absolute Gasteiger partial charge is 0.433 e. The van der Waals surface area contributed by atoms with E-state index >= 15 is 0 Å². The highest BCUT2D eigenvalue weighted by Crippen LogP contribution is 2.28. The maximum atomic E-state index is 12.3. The second-order valence-electron chi connectivity index (χ2n) is 3.25. The summed E-state index contributed by atoms with van der Waals surface area (Å²) in [5.74, 6) is 0. The molecule has 2 nitrogen and oxygen atoms in total. The molecule has 0 amide bonds. The SMILES string of the molecule is Cc1cnc2nc(C(F)(F)F)ccc2c1. The maximum Gasteiger partial charge on any atom is 0.433 e. The van der Waals surface area contributed by atoms with Crippen molar-refractivity contribution in [1.29, 1.82) is 0 Å². The van der Waals surface area contributed by atoms with E-state index in [0.29, 0.717) is 5.39 Å². The summed E-state index contributed by atoms with van der Waals surface area (Å²) in [4.78, 5) is 7.30. The van der Waals surface area contributed by atoms with Crippen molar-refractivity contribution in [3.8, 4) is 0 Å². The zero-order valence-corrected chi connectivity index (χ0v) is 7.84. The second kappa shape index (κ2) is 3.18. The van der Waals surface area contributed by atoms with Crippen molar-refractivity contribution in [1.82, 2.24) is 9.97 Å². The average molecular weight is 212 g/mol. The maximum absolute atomic E-state index is 12.3. The molecule has 0 saturated heterocycles. The van der Waals surface area contributed by atoms with Crippen LogP contribution >= 0.6 is 0 Å². The molecule has 0 radical (unpaired) electrons. The summed E-state index contributed by atoms with van der Waals surface area (Å²) in [7, 11) is 0. The quantitative estimate of drug-likeness (QED) is 0.670. The molecule has 0 aliphatic carbocycles. The van der Waals surface area contributed by atoms with Crippen LogP contribution in [0.25, 0.3) is 11.0 Å². The van der Waals surface area contributed by atoms with Gasteiger partial charge in [0.25, 0.3) is 0 Å². The van der Waals surface area contributed by atoms with Gasteiger partial charge in [-0.15, -0.1) is 0 Å². The van der Waals surface area contributed by atoms with Crippen LogP contribution in [-0.2, 0) is 6.18 Å². The predicted octanol–water partition coefficient (Wildman–Crippen LogP) is 2.96. The number of hydrogen-bond donors (Lipinski definition) is 0. The standard InChI is InChI=1S/C10H7F3N2/c1-6-4-7-2-3-8(10(11,12)13)15-9(7)14-5-6/h2-5H,1H3. The molecule has 2 heterocycles. The fourth-order valence-electron chi connectivity index (χ4n) is 1.28. The molecular formula is C10H7F3N2. The lowest BCUT2D eigenvalue weighted by Crippen LogP contribution is -2.07. The molecule has 0 bridgehead atoms. The number of fused-ring (bicyclic) bond motifs is 1. The lowest BCUT2D eigenvalue weighted by molar-refractivity contribution is -0.141. The topological polar surface area (TPSA) is 25.8 Å². The van der Waals surface area contributed by atoms with E-state index in [4.69, 9.17) is 0 Å². The van der Waals surface area contributed by atoms with Gasteiger partial charge < -0.3 is 0 Å². The van der Waals surface area contributed by atoms with Crippen LogP contribution in [0.1, 0.15) is 11.3 Å². The molecule has 0 unspecified atom stereocenters. The number of pyridine rings is 2. The summed E-state index contributed by atoms with van der Waals surface area (Å²) < 4.78 is 36.9. The summed E-state index contributed by atoms with van der Waals surface area (Å²) >= 11 is 0. The molecule has 2 rings (SSSR count). The number of aromatic nitrogens is 2. The van der Waals surface area contributed by atoms with Crippen molar-refractivity contribution in [3.05, 3.63) is 35.7 Å². The van der Waals surface area contributed by atoms with Crippen molar-refractivity contribution in [2.75, 3.05) is 0 Å². The summed E-state index contributed by atoms with van der Waals surface area (Å²) in [6, 6.07) is 4.09. The van der Waals surface area contributed by atoms with E-state index in [1.54, 1.807) is 6.07 Å². The first-order valence-corrected chi connectivity index (χ1v) is 4.27. The van der Waals surface area contributed by atoms with Gasteiger partial charge in [-0.25, -0.2) is 9.97 Å². The molecule has 0 atom stereocenters. The van der Waals surface area contributed by atoms with Gasteiger partial charge in [-0.05, 0) is 30.7 Å². The van der Waals surface area contributed by atoms with E-state index in [1.807, 2.05) is 6.92 Å². The molecule has 0 saturated carbocycles. The van der Waals surface area contributed by atoms with E-state index in [1.165, 1.54) is 12.3 Å². The predicted molar refractivity (Wildman–Crippen MR) is 49.3 cm³/mol. The number of aryl methyl sites for hydroxylation is 1. The first-order chi connectivity index (χ1) is 6.97.